The van der Waals surface area contributed by atoms with Crippen molar-refractivity contribution in [2.45, 2.75) is 11.1 Å². The number of nitrogens with one attached hydrogen (secondary N) is 2. The maximum absolute atomic E-state index is 12.5. The van der Waals surface area contributed by atoms with Crippen molar-refractivity contribution in [1.82, 2.24) is 0 Å². The van der Waals surface area contributed by atoms with E-state index in [1.54, 1.807) is 48.3 Å². The Labute approximate surface area is 157 Å². The number of likely N-dealkylation sites (N-methyl/N-ethyl adjacent to an activating group) is 1. The van der Waals surface area contributed by atoms with Gasteiger partial charge in [0.2, 0.25) is 5.91 Å². The predicted molar refractivity (Wildman–Crippen MR) is 99.5 cm³/mol. The first-order valence-corrected chi connectivity index (χ1v) is 8.96. The second-order valence-corrected chi connectivity index (χ2v) is 7.01. The highest BCUT2D eigenvalue weighted by Gasteiger charge is 2.28. The van der Waals surface area contributed by atoms with Crippen LogP contribution < -0.4 is 15.5 Å². The van der Waals surface area contributed by atoms with Gasteiger partial charge in [0.15, 0.2) is 0 Å². The van der Waals surface area contributed by atoms with Crippen LogP contribution in [0.1, 0.15) is 10.4 Å². The van der Waals surface area contributed by atoms with Gasteiger partial charge >= 0.3 is 6.18 Å². The largest absolute Gasteiger partial charge is 0.398 e. The number of para-hydroxylation sites is 1. The van der Waals surface area contributed by atoms with E-state index in [1.165, 1.54) is 6.07 Å². The number of rotatable bonds is 4. The molecule has 0 radical (unpaired) electrons. The summed E-state index contributed by atoms with van der Waals surface area (Å²) in [5, 5.41) is 5.35. The topological polar surface area (TPSA) is 61.4 Å². The van der Waals surface area contributed by atoms with E-state index in [2.05, 4.69) is 10.6 Å². The van der Waals surface area contributed by atoms with E-state index < -0.39 is 17.8 Å². The molecule has 0 bridgehead atoms. The van der Waals surface area contributed by atoms with Crippen LogP contribution in [0.2, 0.25) is 0 Å². The summed E-state index contributed by atoms with van der Waals surface area (Å²) >= 11 is 0.611. The molecule has 5 nitrogen and oxygen atoms in total. The van der Waals surface area contributed by atoms with E-state index in [0.29, 0.717) is 33.6 Å². The van der Waals surface area contributed by atoms with Crippen molar-refractivity contribution in [1.29, 1.82) is 0 Å². The van der Waals surface area contributed by atoms with Gasteiger partial charge in [-0.05, 0) is 30.3 Å². The predicted octanol–water partition coefficient (Wildman–Crippen LogP) is 3.98. The first-order chi connectivity index (χ1) is 12.7. The van der Waals surface area contributed by atoms with Crippen molar-refractivity contribution < 1.29 is 22.8 Å². The van der Waals surface area contributed by atoms with Gasteiger partial charge in [-0.25, -0.2) is 0 Å². The van der Waals surface area contributed by atoms with Gasteiger partial charge in [-0.2, -0.15) is 13.2 Å². The molecule has 2 amide bonds. The SMILES string of the molecule is CN1CC(=O)Nc2cc(C(=O)Nc3ccccc3SCC(F)(F)F)ccc21. The zero-order valence-corrected chi connectivity index (χ0v) is 15.1. The Balaban J connectivity index is 1.78. The van der Waals surface area contributed by atoms with Crippen LogP contribution in [0.5, 0.6) is 0 Å². The van der Waals surface area contributed by atoms with Crippen molar-refractivity contribution in [3.8, 4) is 0 Å². The smallest absolute Gasteiger partial charge is 0.364 e. The van der Waals surface area contributed by atoms with Gasteiger partial charge in [0, 0.05) is 17.5 Å². The lowest BCUT2D eigenvalue weighted by molar-refractivity contribution is -0.115. The molecule has 1 heterocycles. The van der Waals surface area contributed by atoms with Gasteiger partial charge in [-0.3, -0.25) is 9.59 Å². The molecule has 2 N–H and O–H groups in total. The van der Waals surface area contributed by atoms with E-state index in [1.807, 2.05) is 0 Å². The summed E-state index contributed by atoms with van der Waals surface area (Å²) in [4.78, 5) is 26.3. The molecule has 9 heteroatoms. The number of carbonyl (C=O) groups is 2. The van der Waals surface area contributed by atoms with Crippen LogP contribution in [0.3, 0.4) is 0 Å². The quantitative estimate of drug-likeness (QED) is 0.769. The fourth-order valence-corrected chi connectivity index (χ4v) is 3.42. The van der Waals surface area contributed by atoms with Crippen LogP contribution in [-0.2, 0) is 4.79 Å². The molecule has 0 atom stereocenters. The molecule has 0 saturated heterocycles. The molecule has 0 aromatic heterocycles. The molecule has 2 aromatic carbocycles. The number of hydrogen-bond donors (Lipinski definition) is 2. The fraction of sp³-hybridized carbons (Fsp3) is 0.222. The van der Waals surface area contributed by atoms with Gasteiger partial charge in [-0.1, -0.05) is 12.1 Å². The van der Waals surface area contributed by atoms with Crippen molar-refractivity contribution in [2.75, 3.05) is 34.9 Å². The Morgan fingerprint density at radius 1 is 1.26 bits per heavy atom. The number of amides is 2. The van der Waals surface area contributed by atoms with Gasteiger partial charge in [0.05, 0.1) is 29.4 Å². The minimum Gasteiger partial charge on any atom is -0.364 e. The highest BCUT2D eigenvalue weighted by molar-refractivity contribution is 7.99. The molecule has 0 fully saturated rings. The van der Waals surface area contributed by atoms with E-state index >= 15 is 0 Å². The zero-order chi connectivity index (χ0) is 19.6. The monoisotopic (exact) mass is 395 g/mol. The number of fused-ring (bicyclic) bond motifs is 1. The van der Waals surface area contributed by atoms with Gasteiger partial charge < -0.3 is 15.5 Å². The van der Waals surface area contributed by atoms with Crippen LogP contribution in [0, 0.1) is 0 Å². The van der Waals surface area contributed by atoms with Crippen LogP contribution in [0.15, 0.2) is 47.4 Å². The van der Waals surface area contributed by atoms with Crippen molar-refractivity contribution in [2.24, 2.45) is 0 Å². The minimum atomic E-state index is -4.30. The normalized spacial score (nSPS) is 13.8. The summed E-state index contributed by atoms with van der Waals surface area (Å²) in [6.07, 6.45) is -4.30. The molecule has 27 heavy (non-hydrogen) atoms. The molecule has 1 aliphatic heterocycles. The van der Waals surface area contributed by atoms with Crippen LogP contribution in [0.4, 0.5) is 30.2 Å². The summed E-state index contributed by atoms with van der Waals surface area (Å²) in [5.41, 5.74) is 1.89. The Morgan fingerprint density at radius 2 is 2.00 bits per heavy atom. The van der Waals surface area contributed by atoms with Crippen LogP contribution in [-0.4, -0.2) is 37.3 Å². The maximum Gasteiger partial charge on any atom is 0.398 e. The van der Waals surface area contributed by atoms with Crippen LogP contribution >= 0.6 is 11.8 Å². The molecule has 3 rings (SSSR count). The average Bonchev–Trinajstić information content (AvgIpc) is 2.59. The number of carbonyl (C=O) groups excluding carboxylic acids is 2. The second-order valence-electron chi connectivity index (χ2n) is 5.99. The maximum atomic E-state index is 12.5. The zero-order valence-electron chi connectivity index (χ0n) is 14.3. The molecule has 0 unspecified atom stereocenters. The number of alkyl halides is 3. The Kier molecular flexibility index (Phi) is 5.31. The third-order valence-electron chi connectivity index (χ3n) is 3.85. The van der Waals surface area contributed by atoms with Crippen molar-refractivity contribution in [3.05, 3.63) is 48.0 Å². The van der Waals surface area contributed by atoms with Crippen LogP contribution in [0.25, 0.3) is 0 Å². The van der Waals surface area contributed by atoms with Gasteiger partial charge in [0.1, 0.15) is 0 Å². The first-order valence-electron chi connectivity index (χ1n) is 7.98. The minimum absolute atomic E-state index is 0.184. The van der Waals surface area contributed by atoms with E-state index in [9.17, 15) is 22.8 Å². The highest BCUT2D eigenvalue weighted by atomic mass is 32.2. The molecule has 142 valence electrons. The van der Waals surface area contributed by atoms with E-state index in [4.69, 9.17) is 0 Å². The Morgan fingerprint density at radius 3 is 2.74 bits per heavy atom. The lowest BCUT2D eigenvalue weighted by atomic mass is 10.1. The molecule has 0 saturated carbocycles. The number of thioether (sulfide) groups is 1. The number of nitrogens with zero attached hydrogens (tertiary/aromatic N) is 1. The molecular weight excluding hydrogens is 379 g/mol. The Hall–Kier alpha value is -2.68. The molecule has 2 aromatic rings. The number of benzene rings is 2. The number of anilines is 3. The first kappa shape index (κ1) is 19.1. The standard InChI is InChI=1S/C18H16F3N3O2S/c1-24-9-16(25)22-13-8-11(6-7-14(13)24)17(26)23-12-4-2-3-5-15(12)27-10-18(19,20)21/h2-8H,9-10H2,1H3,(H,22,25)(H,23,26). The van der Waals surface area contributed by atoms with Crippen molar-refractivity contribution in [3.63, 3.8) is 0 Å². The average molecular weight is 395 g/mol. The van der Waals surface area contributed by atoms with Gasteiger partial charge in [-0.15, -0.1) is 11.8 Å². The molecule has 0 spiro atoms. The molecular formula is C18H16F3N3O2S. The second kappa shape index (κ2) is 7.51. The molecule has 1 aliphatic rings. The summed E-state index contributed by atoms with van der Waals surface area (Å²) in [6.45, 7) is 0.225. The van der Waals surface area contributed by atoms with Gasteiger partial charge in [0.25, 0.3) is 5.91 Å². The van der Waals surface area contributed by atoms with E-state index in [-0.39, 0.29) is 12.5 Å². The fourth-order valence-electron chi connectivity index (χ4n) is 2.65. The highest BCUT2D eigenvalue weighted by Crippen LogP contribution is 2.33. The number of hydrogen-bond acceptors (Lipinski definition) is 4. The lowest BCUT2D eigenvalue weighted by Gasteiger charge is -2.27. The molecule has 0 aliphatic carbocycles. The summed E-state index contributed by atoms with van der Waals surface area (Å²) in [6, 6.07) is 11.2. The third kappa shape index (κ3) is 4.73. The lowest BCUT2D eigenvalue weighted by Crippen LogP contribution is -2.35. The van der Waals surface area contributed by atoms with Crippen molar-refractivity contribution >= 4 is 40.6 Å². The summed E-state index contributed by atoms with van der Waals surface area (Å²) in [5.74, 6) is -1.70. The van der Waals surface area contributed by atoms with E-state index in [0.717, 1.165) is 5.69 Å². The summed E-state index contributed by atoms with van der Waals surface area (Å²) < 4.78 is 37.4. The Bertz CT molecular complexity index is 886. The summed E-state index contributed by atoms with van der Waals surface area (Å²) in [7, 11) is 1.77. The number of halogens is 3. The third-order valence-corrected chi connectivity index (χ3v) is 4.99.